The fourth-order valence-electron chi connectivity index (χ4n) is 2.18. The first kappa shape index (κ1) is 12.8. The van der Waals surface area contributed by atoms with Gasteiger partial charge in [0.05, 0.1) is 12.6 Å². The van der Waals surface area contributed by atoms with Crippen molar-refractivity contribution in [3.8, 4) is 0 Å². The van der Waals surface area contributed by atoms with E-state index in [-0.39, 0.29) is 18.5 Å². The molecule has 1 heterocycles. The molecule has 1 aromatic carbocycles. The van der Waals surface area contributed by atoms with Crippen molar-refractivity contribution in [2.45, 2.75) is 6.04 Å². The minimum atomic E-state index is -0.351. The first-order valence-electron chi connectivity index (χ1n) is 5.73. The number of rotatable bonds is 3. The Kier molecular flexibility index (Phi) is 4.34. The van der Waals surface area contributed by atoms with E-state index in [0.717, 1.165) is 31.7 Å². The zero-order valence-corrected chi connectivity index (χ0v) is 10.3. The molecule has 0 saturated carbocycles. The van der Waals surface area contributed by atoms with E-state index >= 15 is 0 Å². The van der Waals surface area contributed by atoms with Crippen molar-refractivity contribution in [2.24, 2.45) is 0 Å². The predicted octanol–water partition coefficient (Wildman–Crippen LogP) is 1.42. The minimum Gasteiger partial charge on any atom is -0.394 e. The lowest BCUT2D eigenvalue weighted by atomic mass is 10.0. The number of hydrogen-bond donors (Lipinski definition) is 2. The molecule has 2 rings (SSSR count). The van der Waals surface area contributed by atoms with Crippen LogP contribution in [-0.4, -0.2) is 42.8 Å². The molecule has 5 heteroatoms. The van der Waals surface area contributed by atoms with E-state index in [1.807, 2.05) is 0 Å². The summed E-state index contributed by atoms with van der Waals surface area (Å²) in [7, 11) is 0. The highest BCUT2D eigenvalue weighted by Crippen LogP contribution is 2.28. The molecule has 1 fully saturated rings. The first-order valence-corrected chi connectivity index (χ1v) is 6.10. The molecule has 1 aliphatic heterocycles. The molecule has 1 aromatic rings. The summed E-state index contributed by atoms with van der Waals surface area (Å²) >= 11 is 6.03. The predicted molar refractivity (Wildman–Crippen MR) is 65.7 cm³/mol. The molecular formula is C12H16ClFN2O. The smallest absolute Gasteiger partial charge is 0.124 e. The van der Waals surface area contributed by atoms with Gasteiger partial charge in [0.1, 0.15) is 5.82 Å². The minimum absolute atomic E-state index is 0.00858. The van der Waals surface area contributed by atoms with Gasteiger partial charge in [-0.1, -0.05) is 17.7 Å². The molecule has 2 N–H and O–H groups in total. The summed E-state index contributed by atoms with van der Waals surface area (Å²) < 4.78 is 13.0. The molecule has 3 nitrogen and oxygen atoms in total. The summed E-state index contributed by atoms with van der Waals surface area (Å²) in [6.07, 6.45) is 0. The number of nitrogens with zero attached hydrogens (tertiary/aromatic N) is 1. The summed E-state index contributed by atoms with van der Waals surface area (Å²) in [6, 6.07) is 4.18. The van der Waals surface area contributed by atoms with Crippen molar-refractivity contribution in [3.05, 3.63) is 34.6 Å². The van der Waals surface area contributed by atoms with Gasteiger partial charge in [0.25, 0.3) is 0 Å². The first-order chi connectivity index (χ1) is 8.22. The fourth-order valence-corrected chi connectivity index (χ4v) is 2.47. The Hall–Kier alpha value is -0.680. The third kappa shape index (κ3) is 2.96. The number of halogens is 2. The molecule has 0 amide bonds. The maximum Gasteiger partial charge on any atom is 0.124 e. The van der Waals surface area contributed by atoms with Crippen molar-refractivity contribution < 1.29 is 9.50 Å². The van der Waals surface area contributed by atoms with Gasteiger partial charge in [-0.2, -0.15) is 0 Å². The van der Waals surface area contributed by atoms with Gasteiger partial charge in [0.15, 0.2) is 0 Å². The Morgan fingerprint density at radius 1 is 1.41 bits per heavy atom. The quantitative estimate of drug-likeness (QED) is 0.861. The van der Waals surface area contributed by atoms with Crippen LogP contribution in [0.4, 0.5) is 4.39 Å². The highest BCUT2D eigenvalue weighted by molar-refractivity contribution is 6.31. The zero-order valence-electron chi connectivity index (χ0n) is 9.50. The van der Waals surface area contributed by atoms with E-state index in [1.165, 1.54) is 12.1 Å². The van der Waals surface area contributed by atoms with E-state index in [0.29, 0.717) is 5.02 Å². The van der Waals surface area contributed by atoms with Gasteiger partial charge in [-0.15, -0.1) is 0 Å². The second kappa shape index (κ2) is 5.78. The summed E-state index contributed by atoms with van der Waals surface area (Å²) in [5.74, 6) is -0.351. The fraction of sp³-hybridized carbons (Fsp3) is 0.500. The monoisotopic (exact) mass is 258 g/mol. The molecule has 1 atom stereocenters. The lowest BCUT2D eigenvalue weighted by Gasteiger charge is -2.34. The average Bonchev–Trinajstić information content (AvgIpc) is 2.34. The van der Waals surface area contributed by atoms with E-state index in [4.69, 9.17) is 11.6 Å². The van der Waals surface area contributed by atoms with Crippen LogP contribution < -0.4 is 5.32 Å². The number of benzene rings is 1. The molecule has 0 aliphatic carbocycles. The van der Waals surface area contributed by atoms with Crippen LogP contribution in [0.1, 0.15) is 11.6 Å². The maximum atomic E-state index is 13.0. The van der Waals surface area contributed by atoms with E-state index < -0.39 is 0 Å². The summed E-state index contributed by atoms with van der Waals surface area (Å²) in [5.41, 5.74) is 0.789. The molecule has 17 heavy (non-hydrogen) atoms. The van der Waals surface area contributed by atoms with Gasteiger partial charge < -0.3 is 10.4 Å². The lowest BCUT2D eigenvalue weighted by Crippen LogP contribution is -2.46. The third-order valence-corrected chi connectivity index (χ3v) is 3.41. The number of aliphatic hydroxyl groups is 1. The summed E-state index contributed by atoms with van der Waals surface area (Å²) in [4.78, 5) is 2.16. The van der Waals surface area contributed by atoms with E-state index in [2.05, 4.69) is 10.2 Å². The van der Waals surface area contributed by atoms with Crippen LogP contribution in [0.5, 0.6) is 0 Å². The Bertz CT molecular complexity index is 383. The van der Waals surface area contributed by atoms with Crippen LogP contribution in [-0.2, 0) is 0 Å². The van der Waals surface area contributed by atoms with Crippen LogP contribution in [0, 0.1) is 5.82 Å². The highest BCUT2D eigenvalue weighted by Gasteiger charge is 2.23. The van der Waals surface area contributed by atoms with Crippen molar-refractivity contribution in [1.82, 2.24) is 10.2 Å². The van der Waals surface area contributed by atoms with Crippen molar-refractivity contribution >= 4 is 11.6 Å². The third-order valence-electron chi connectivity index (χ3n) is 3.09. The maximum absolute atomic E-state index is 13.0. The number of nitrogens with one attached hydrogen (secondary N) is 1. The molecule has 0 unspecified atom stereocenters. The topological polar surface area (TPSA) is 35.5 Å². The second-order valence-corrected chi connectivity index (χ2v) is 4.56. The van der Waals surface area contributed by atoms with Crippen LogP contribution in [0.25, 0.3) is 0 Å². The summed E-state index contributed by atoms with van der Waals surface area (Å²) in [5, 5.41) is 13.1. The zero-order chi connectivity index (χ0) is 12.3. The molecule has 0 spiro atoms. The standard InChI is InChI=1S/C12H16ClFN2O/c13-11-7-9(14)1-2-10(11)12(8-17)16-5-3-15-4-6-16/h1-2,7,12,15,17H,3-6,8H2/t12-/m1/s1. The largest absolute Gasteiger partial charge is 0.394 e. The summed E-state index contributed by atoms with van der Waals surface area (Å²) in [6.45, 7) is 3.51. The van der Waals surface area contributed by atoms with Crippen LogP contribution in [0.3, 0.4) is 0 Å². The van der Waals surface area contributed by atoms with Crippen LogP contribution >= 0.6 is 11.6 Å². The number of hydrogen-bond acceptors (Lipinski definition) is 3. The van der Waals surface area contributed by atoms with Gasteiger partial charge in [0, 0.05) is 31.2 Å². The second-order valence-electron chi connectivity index (χ2n) is 4.15. The van der Waals surface area contributed by atoms with Crippen LogP contribution in [0.15, 0.2) is 18.2 Å². The van der Waals surface area contributed by atoms with Crippen molar-refractivity contribution in [2.75, 3.05) is 32.8 Å². The van der Waals surface area contributed by atoms with Crippen molar-refractivity contribution in [1.29, 1.82) is 0 Å². The Morgan fingerprint density at radius 3 is 2.71 bits per heavy atom. The Labute approximate surface area is 105 Å². The van der Waals surface area contributed by atoms with Gasteiger partial charge in [-0.25, -0.2) is 4.39 Å². The molecule has 0 aromatic heterocycles. The molecule has 0 radical (unpaired) electrons. The highest BCUT2D eigenvalue weighted by atomic mass is 35.5. The SMILES string of the molecule is OC[C@H](c1ccc(F)cc1Cl)N1CCNCC1. The van der Waals surface area contributed by atoms with Gasteiger partial charge in [0.2, 0.25) is 0 Å². The molecule has 94 valence electrons. The molecular weight excluding hydrogens is 243 g/mol. The van der Waals surface area contributed by atoms with E-state index in [9.17, 15) is 9.50 Å². The Morgan fingerprint density at radius 2 is 2.12 bits per heavy atom. The van der Waals surface area contributed by atoms with Gasteiger partial charge in [-0.05, 0) is 17.7 Å². The number of piperazine rings is 1. The average molecular weight is 259 g/mol. The van der Waals surface area contributed by atoms with Crippen molar-refractivity contribution in [3.63, 3.8) is 0 Å². The van der Waals surface area contributed by atoms with Gasteiger partial charge in [-0.3, -0.25) is 4.90 Å². The number of aliphatic hydroxyl groups excluding tert-OH is 1. The molecule has 1 saturated heterocycles. The van der Waals surface area contributed by atoms with Gasteiger partial charge >= 0.3 is 0 Å². The lowest BCUT2D eigenvalue weighted by molar-refractivity contribution is 0.111. The van der Waals surface area contributed by atoms with E-state index in [1.54, 1.807) is 6.07 Å². The molecule has 0 bridgehead atoms. The normalized spacial score (nSPS) is 19.2. The Balaban J connectivity index is 2.21. The van der Waals surface area contributed by atoms with Crippen LogP contribution in [0.2, 0.25) is 5.02 Å². The molecule has 1 aliphatic rings.